The number of rotatable bonds is 21. The van der Waals surface area contributed by atoms with Gasteiger partial charge >= 0.3 is 5.97 Å². The molecular formula is C43H48N2O6. The molecule has 0 saturated heterocycles. The number of aliphatic hydroxyl groups is 1. The first kappa shape index (κ1) is 38.3. The van der Waals surface area contributed by atoms with Gasteiger partial charge in [-0.2, -0.15) is 0 Å². The molecule has 0 aromatic heterocycles. The number of hydrogen-bond acceptors (Lipinski definition) is 6. The summed E-state index contributed by atoms with van der Waals surface area (Å²) in [5, 5.41) is 16.0. The molecule has 0 heterocycles. The molecule has 51 heavy (non-hydrogen) atoms. The molecule has 0 saturated carbocycles. The number of carbonyl (C=O) groups is 3. The van der Waals surface area contributed by atoms with Crippen LogP contribution in [-0.2, 0) is 38.6 Å². The lowest BCUT2D eigenvalue weighted by Crippen LogP contribution is -2.42. The van der Waals surface area contributed by atoms with E-state index in [2.05, 4.69) is 23.8 Å². The summed E-state index contributed by atoms with van der Waals surface area (Å²) < 4.78 is 11.7. The lowest BCUT2D eigenvalue weighted by Gasteiger charge is -2.24. The molecule has 4 rings (SSSR count). The summed E-state index contributed by atoms with van der Waals surface area (Å²) in [5.74, 6) is -1.53. The third-order valence-corrected chi connectivity index (χ3v) is 8.51. The zero-order chi connectivity index (χ0) is 36.3. The summed E-state index contributed by atoms with van der Waals surface area (Å²) in [7, 11) is 0. The minimum absolute atomic E-state index is 0.0767. The smallest absolute Gasteiger partial charge is 0.309 e. The first-order valence-electron chi connectivity index (χ1n) is 17.3. The Bertz CT molecular complexity index is 1660. The van der Waals surface area contributed by atoms with Crippen LogP contribution in [0, 0.1) is 11.8 Å². The van der Waals surface area contributed by atoms with E-state index >= 15 is 0 Å². The predicted octanol–water partition coefficient (Wildman–Crippen LogP) is 6.70. The summed E-state index contributed by atoms with van der Waals surface area (Å²) >= 11 is 0. The molecule has 0 aliphatic carbocycles. The summed E-state index contributed by atoms with van der Waals surface area (Å²) in [4.78, 5) is 40.1. The Morgan fingerprint density at radius 1 is 0.686 bits per heavy atom. The Labute approximate surface area is 301 Å². The number of aliphatic hydroxyl groups excluding tert-OH is 1. The third kappa shape index (κ3) is 13.1. The highest BCUT2D eigenvalue weighted by Gasteiger charge is 2.27. The highest BCUT2D eigenvalue weighted by Crippen LogP contribution is 2.21. The van der Waals surface area contributed by atoms with Crippen molar-refractivity contribution >= 4 is 17.8 Å². The van der Waals surface area contributed by atoms with Crippen molar-refractivity contribution in [2.45, 2.75) is 50.8 Å². The van der Waals surface area contributed by atoms with Gasteiger partial charge in [0.2, 0.25) is 11.8 Å². The van der Waals surface area contributed by atoms with E-state index in [1.165, 1.54) is 0 Å². The van der Waals surface area contributed by atoms with Gasteiger partial charge in [-0.15, -0.1) is 13.2 Å². The molecule has 0 aliphatic rings. The van der Waals surface area contributed by atoms with Crippen molar-refractivity contribution in [1.82, 2.24) is 10.6 Å². The average Bonchev–Trinajstić information content (AvgIpc) is 3.16. The van der Waals surface area contributed by atoms with Crippen molar-refractivity contribution in [1.29, 1.82) is 0 Å². The number of amides is 2. The molecule has 8 heteroatoms. The van der Waals surface area contributed by atoms with Crippen LogP contribution in [0.25, 0.3) is 0 Å². The fourth-order valence-corrected chi connectivity index (χ4v) is 5.75. The van der Waals surface area contributed by atoms with Crippen molar-refractivity contribution in [3.8, 4) is 5.75 Å². The highest BCUT2D eigenvalue weighted by atomic mass is 16.5. The Hall–Kier alpha value is -5.47. The van der Waals surface area contributed by atoms with Gasteiger partial charge in [0.15, 0.2) is 0 Å². The van der Waals surface area contributed by atoms with Gasteiger partial charge in [0.05, 0.1) is 30.5 Å². The Morgan fingerprint density at radius 2 is 1.25 bits per heavy atom. The third-order valence-electron chi connectivity index (χ3n) is 8.51. The molecule has 3 N–H and O–H groups in total. The second kappa shape index (κ2) is 20.9. The standard InChI is InChI=1S/C43H48N2O6/c1-3-14-36(28-41(47)44-38(29-46)27-33-22-24-39(25-23-33)50-30-34-18-10-6-11-19-34)42(48)45-40(35-20-12-7-13-21-35)31-51-43(49)37(15-4-2)26-32-16-8-5-9-17-32/h3-13,16-25,36-38,40,46H,1-2,14-15,26-31H2,(H,44,47)(H,45,48). The van der Waals surface area contributed by atoms with Crippen LogP contribution in [0.15, 0.2) is 141 Å². The quantitative estimate of drug-likeness (QED) is 0.0663. The average molecular weight is 689 g/mol. The zero-order valence-corrected chi connectivity index (χ0v) is 29.0. The van der Waals surface area contributed by atoms with E-state index < -0.39 is 23.9 Å². The molecule has 4 aromatic rings. The summed E-state index contributed by atoms with van der Waals surface area (Å²) in [5.41, 5.74) is 3.77. The van der Waals surface area contributed by atoms with Gasteiger partial charge in [0, 0.05) is 6.42 Å². The topological polar surface area (TPSA) is 114 Å². The molecule has 266 valence electrons. The Kier molecular flexibility index (Phi) is 15.7. The van der Waals surface area contributed by atoms with Crippen LogP contribution in [0.2, 0.25) is 0 Å². The predicted molar refractivity (Wildman–Crippen MR) is 200 cm³/mol. The Balaban J connectivity index is 1.33. The van der Waals surface area contributed by atoms with Gasteiger partial charge in [-0.05, 0) is 60.1 Å². The maximum atomic E-state index is 13.6. The fraction of sp³-hybridized carbons (Fsp3) is 0.279. The van der Waals surface area contributed by atoms with E-state index in [1.807, 2.05) is 115 Å². The summed E-state index contributed by atoms with van der Waals surface area (Å²) in [6.45, 7) is 7.70. The molecule has 0 spiro atoms. The van der Waals surface area contributed by atoms with Crippen LogP contribution in [0.1, 0.15) is 47.6 Å². The van der Waals surface area contributed by atoms with E-state index in [0.717, 1.165) is 28.0 Å². The van der Waals surface area contributed by atoms with E-state index in [-0.39, 0.29) is 43.8 Å². The number of allylic oxidation sites excluding steroid dienone is 2. The molecule has 4 aromatic carbocycles. The van der Waals surface area contributed by atoms with Crippen LogP contribution in [0.3, 0.4) is 0 Å². The van der Waals surface area contributed by atoms with E-state index in [1.54, 1.807) is 12.2 Å². The fourth-order valence-electron chi connectivity index (χ4n) is 5.75. The van der Waals surface area contributed by atoms with Crippen LogP contribution < -0.4 is 15.4 Å². The second-order valence-corrected chi connectivity index (χ2v) is 12.5. The zero-order valence-electron chi connectivity index (χ0n) is 29.0. The number of esters is 1. The normalized spacial score (nSPS) is 13.1. The van der Waals surface area contributed by atoms with E-state index in [9.17, 15) is 19.5 Å². The summed E-state index contributed by atoms with van der Waals surface area (Å²) in [6.07, 6.45) is 4.81. The highest BCUT2D eigenvalue weighted by molar-refractivity contribution is 5.86. The number of benzene rings is 4. The number of ether oxygens (including phenoxy) is 2. The molecule has 4 atom stereocenters. The van der Waals surface area contributed by atoms with Crippen molar-refractivity contribution in [2.24, 2.45) is 11.8 Å². The van der Waals surface area contributed by atoms with Crippen LogP contribution in [0.4, 0.5) is 0 Å². The molecule has 2 amide bonds. The van der Waals surface area contributed by atoms with E-state index in [4.69, 9.17) is 9.47 Å². The molecule has 0 bridgehead atoms. The van der Waals surface area contributed by atoms with E-state index in [0.29, 0.717) is 25.9 Å². The molecule has 0 radical (unpaired) electrons. The SMILES string of the molecule is C=CCC(CC(=O)NC(CO)Cc1ccc(OCc2ccccc2)cc1)C(=O)NC(COC(=O)C(CC=C)Cc1ccccc1)c1ccccc1. The van der Waals surface area contributed by atoms with Crippen molar-refractivity contribution in [3.05, 3.63) is 163 Å². The minimum atomic E-state index is -0.726. The van der Waals surface area contributed by atoms with Gasteiger partial charge in [-0.25, -0.2) is 0 Å². The molecule has 0 fully saturated rings. The number of nitrogens with one attached hydrogen (secondary N) is 2. The van der Waals surface area contributed by atoms with Gasteiger partial charge in [-0.3, -0.25) is 14.4 Å². The van der Waals surface area contributed by atoms with Gasteiger partial charge in [-0.1, -0.05) is 115 Å². The lowest BCUT2D eigenvalue weighted by molar-refractivity contribution is -0.150. The lowest BCUT2D eigenvalue weighted by atomic mass is 9.96. The van der Waals surface area contributed by atoms with Crippen molar-refractivity contribution in [2.75, 3.05) is 13.2 Å². The second-order valence-electron chi connectivity index (χ2n) is 12.5. The Morgan fingerprint density at radius 3 is 1.86 bits per heavy atom. The van der Waals surface area contributed by atoms with Gasteiger partial charge in [0.25, 0.3) is 0 Å². The molecular weight excluding hydrogens is 640 g/mol. The summed E-state index contributed by atoms with van der Waals surface area (Å²) in [6, 6.07) is 35.2. The van der Waals surface area contributed by atoms with Crippen molar-refractivity contribution in [3.63, 3.8) is 0 Å². The first-order valence-corrected chi connectivity index (χ1v) is 17.3. The first-order chi connectivity index (χ1) is 24.9. The van der Waals surface area contributed by atoms with Crippen LogP contribution in [0.5, 0.6) is 5.75 Å². The monoisotopic (exact) mass is 688 g/mol. The van der Waals surface area contributed by atoms with Gasteiger partial charge < -0.3 is 25.2 Å². The number of carbonyl (C=O) groups excluding carboxylic acids is 3. The van der Waals surface area contributed by atoms with Crippen LogP contribution >= 0.6 is 0 Å². The largest absolute Gasteiger partial charge is 0.489 e. The minimum Gasteiger partial charge on any atom is -0.489 e. The van der Waals surface area contributed by atoms with Crippen molar-refractivity contribution < 1.29 is 29.0 Å². The maximum absolute atomic E-state index is 13.6. The number of hydrogen-bond donors (Lipinski definition) is 3. The van der Waals surface area contributed by atoms with Crippen LogP contribution in [-0.4, -0.2) is 42.1 Å². The molecule has 4 unspecified atom stereocenters. The van der Waals surface area contributed by atoms with Gasteiger partial charge in [0.1, 0.15) is 19.0 Å². The maximum Gasteiger partial charge on any atom is 0.309 e. The molecule has 0 aliphatic heterocycles. The molecule has 8 nitrogen and oxygen atoms in total.